The predicted molar refractivity (Wildman–Crippen MR) is 93.0 cm³/mol. The van der Waals surface area contributed by atoms with Crippen molar-refractivity contribution in [1.29, 1.82) is 0 Å². The van der Waals surface area contributed by atoms with Gasteiger partial charge in [0.1, 0.15) is 0 Å². The highest BCUT2D eigenvalue weighted by molar-refractivity contribution is 5.78. The number of anilines is 1. The van der Waals surface area contributed by atoms with E-state index in [1.54, 1.807) is 0 Å². The molecular formula is C19H26N2. The number of hydrogen-bond donors (Lipinski definition) is 1. The van der Waals surface area contributed by atoms with Crippen LogP contribution in [0.15, 0.2) is 48.5 Å². The van der Waals surface area contributed by atoms with Gasteiger partial charge in [-0.1, -0.05) is 42.5 Å². The van der Waals surface area contributed by atoms with Crippen molar-refractivity contribution in [3.05, 3.63) is 54.1 Å². The molecular weight excluding hydrogens is 256 g/mol. The Labute approximate surface area is 128 Å². The summed E-state index contributed by atoms with van der Waals surface area (Å²) in [6.45, 7) is 2.23. The second-order valence-corrected chi connectivity index (χ2v) is 5.84. The van der Waals surface area contributed by atoms with Crippen LogP contribution in [0.4, 0.5) is 5.69 Å². The van der Waals surface area contributed by atoms with Gasteiger partial charge in [0.05, 0.1) is 0 Å². The van der Waals surface area contributed by atoms with Gasteiger partial charge in [-0.2, -0.15) is 0 Å². The lowest BCUT2D eigenvalue weighted by molar-refractivity contribution is 0.565. The van der Waals surface area contributed by atoms with E-state index in [2.05, 4.69) is 79.8 Å². The minimum absolute atomic E-state index is 0.558. The number of aryl methyl sites for hydroxylation is 1. The number of hydrogen-bond acceptors (Lipinski definition) is 2. The molecule has 0 aromatic heterocycles. The van der Waals surface area contributed by atoms with Gasteiger partial charge in [-0.05, 0) is 44.0 Å². The first-order chi connectivity index (χ1) is 10.1. The third-order valence-electron chi connectivity index (χ3n) is 3.98. The van der Waals surface area contributed by atoms with Crippen LogP contribution >= 0.6 is 0 Å². The van der Waals surface area contributed by atoms with Gasteiger partial charge < -0.3 is 10.2 Å². The molecule has 2 nitrogen and oxygen atoms in total. The molecule has 112 valence electrons. The third-order valence-corrected chi connectivity index (χ3v) is 3.98. The quantitative estimate of drug-likeness (QED) is 0.862. The number of nitrogens with zero attached hydrogens (tertiary/aromatic N) is 1. The van der Waals surface area contributed by atoms with E-state index in [0.29, 0.717) is 6.04 Å². The molecule has 0 aliphatic heterocycles. The van der Waals surface area contributed by atoms with Crippen LogP contribution < -0.4 is 10.2 Å². The Bertz CT molecular complexity index is 575. The van der Waals surface area contributed by atoms with Crippen LogP contribution in [0.25, 0.3) is 11.1 Å². The predicted octanol–water partition coefficient (Wildman–Crippen LogP) is 3.96. The van der Waals surface area contributed by atoms with E-state index in [1.807, 2.05) is 7.05 Å². The van der Waals surface area contributed by atoms with Crippen molar-refractivity contribution in [2.75, 3.05) is 26.0 Å². The maximum atomic E-state index is 3.30. The molecule has 2 aromatic carbocycles. The summed E-state index contributed by atoms with van der Waals surface area (Å²) in [4.78, 5) is 2.17. The minimum Gasteiger partial charge on any atom is -0.377 e. The first-order valence-corrected chi connectivity index (χ1v) is 7.64. The monoisotopic (exact) mass is 282 g/mol. The second kappa shape index (κ2) is 7.28. The van der Waals surface area contributed by atoms with Gasteiger partial charge in [-0.25, -0.2) is 0 Å². The fourth-order valence-electron chi connectivity index (χ4n) is 2.53. The van der Waals surface area contributed by atoms with Crippen molar-refractivity contribution in [1.82, 2.24) is 5.32 Å². The average Bonchev–Trinajstić information content (AvgIpc) is 2.52. The molecule has 0 amide bonds. The van der Waals surface area contributed by atoms with Gasteiger partial charge in [0, 0.05) is 31.4 Å². The molecule has 0 spiro atoms. The van der Waals surface area contributed by atoms with Crippen LogP contribution in [-0.4, -0.2) is 27.2 Å². The Morgan fingerprint density at radius 3 is 2.52 bits per heavy atom. The molecule has 2 rings (SSSR count). The lowest BCUT2D eigenvalue weighted by Gasteiger charge is -2.18. The van der Waals surface area contributed by atoms with Gasteiger partial charge in [0.2, 0.25) is 0 Å². The molecule has 0 bridgehead atoms. The molecule has 0 aliphatic carbocycles. The van der Waals surface area contributed by atoms with Crippen molar-refractivity contribution >= 4 is 5.69 Å². The van der Waals surface area contributed by atoms with Crippen LogP contribution in [0.5, 0.6) is 0 Å². The Balaban J connectivity index is 2.25. The van der Waals surface area contributed by atoms with Crippen LogP contribution in [0.2, 0.25) is 0 Å². The molecule has 0 heterocycles. The summed E-state index contributed by atoms with van der Waals surface area (Å²) in [5.41, 5.74) is 5.27. The minimum atomic E-state index is 0.558. The highest BCUT2D eigenvalue weighted by Gasteiger charge is 2.07. The van der Waals surface area contributed by atoms with Crippen molar-refractivity contribution in [2.45, 2.75) is 25.8 Å². The summed E-state index contributed by atoms with van der Waals surface area (Å²) in [5, 5.41) is 3.30. The highest BCUT2D eigenvalue weighted by atomic mass is 15.1. The topological polar surface area (TPSA) is 15.3 Å². The van der Waals surface area contributed by atoms with E-state index in [9.17, 15) is 0 Å². The number of benzene rings is 2. The summed E-state index contributed by atoms with van der Waals surface area (Å²) in [6.07, 6.45) is 2.27. The summed E-state index contributed by atoms with van der Waals surface area (Å²) in [5.74, 6) is 0. The van der Waals surface area contributed by atoms with E-state index in [-0.39, 0.29) is 0 Å². The fraction of sp³-hybridized carbons (Fsp3) is 0.368. The smallest absolute Gasteiger partial charge is 0.0440 e. The fourth-order valence-corrected chi connectivity index (χ4v) is 2.53. The maximum absolute atomic E-state index is 3.30. The number of nitrogens with one attached hydrogen (secondary N) is 1. The van der Waals surface area contributed by atoms with Crippen molar-refractivity contribution < 1.29 is 0 Å². The van der Waals surface area contributed by atoms with Crippen molar-refractivity contribution in [2.24, 2.45) is 0 Å². The Morgan fingerprint density at radius 1 is 1.05 bits per heavy atom. The van der Waals surface area contributed by atoms with E-state index < -0.39 is 0 Å². The third kappa shape index (κ3) is 4.08. The molecule has 0 radical (unpaired) electrons. The molecule has 21 heavy (non-hydrogen) atoms. The molecule has 0 fully saturated rings. The van der Waals surface area contributed by atoms with Crippen LogP contribution in [0.1, 0.15) is 18.9 Å². The molecule has 0 saturated heterocycles. The number of rotatable bonds is 6. The van der Waals surface area contributed by atoms with Crippen LogP contribution in [0.3, 0.4) is 0 Å². The molecule has 1 atom stereocenters. The number of para-hydroxylation sites is 1. The molecule has 1 unspecified atom stereocenters. The van der Waals surface area contributed by atoms with Gasteiger partial charge in [0.25, 0.3) is 0 Å². The first kappa shape index (κ1) is 15.6. The van der Waals surface area contributed by atoms with Gasteiger partial charge >= 0.3 is 0 Å². The molecule has 1 N–H and O–H groups in total. The summed E-state index contributed by atoms with van der Waals surface area (Å²) in [6, 6.07) is 18.1. The standard InChI is InChI=1S/C19H26N2/c1-15(20-2)12-13-16-8-7-9-17(14-16)18-10-5-6-11-19(18)21(3)4/h5-11,14-15,20H,12-13H2,1-4H3. The molecule has 2 aromatic rings. The van der Waals surface area contributed by atoms with Crippen LogP contribution in [-0.2, 0) is 6.42 Å². The van der Waals surface area contributed by atoms with Crippen LogP contribution in [0, 0.1) is 0 Å². The normalized spacial score (nSPS) is 12.2. The second-order valence-electron chi connectivity index (χ2n) is 5.84. The zero-order valence-corrected chi connectivity index (χ0v) is 13.6. The zero-order chi connectivity index (χ0) is 15.2. The summed E-state index contributed by atoms with van der Waals surface area (Å²) < 4.78 is 0. The maximum Gasteiger partial charge on any atom is 0.0440 e. The Kier molecular flexibility index (Phi) is 5.40. The van der Waals surface area contributed by atoms with E-state index >= 15 is 0 Å². The lowest BCUT2D eigenvalue weighted by atomic mass is 9.98. The lowest BCUT2D eigenvalue weighted by Crippen LogP contribution is -2.21. The van der Waals surface area contributed by atoms with Crippen molar-refractivity contribution in [3.8, 4) is 11.1 Å². The Hall–Kier alpha value is -1.80. The SMILES string of the molecule is CNC(C)CCc1cccc(-c2ccccc2N(C)C)c1. The van der Waals surface area contributed by atoms with Gasteiger partial charge in [-0.15, -0.1) is 0 Å². The highest BCUT2D eigenvalue weighted by Crippen LogP contribution is 2.30. The van der Waals surface area contributed by atoms with Gasteiger partial charge in [0.15, 0.2) is 0 Å². The molecule has 0 saturated carbocycles. The van der Waals surface area contributed by atoms with Crippen molar-refractivity contribution in [3.63, 3.8) is 0 Å². The first-order valence-electron chi connectivity index (χ1n) is 7.64. The summed E-state index contributed by atoms with van der Waals surface area (Å²) in [7, 11) is 6.21. The molecule has 0 aliphatic rings. The van der Waals surface area contributed by atoms with E-state index in [1.165, 1.54) is 22.4 Å². The largest absolute Gasteiger partial charge is 0.377 e. The summed E-state index contributed by atoms with van der Waals surface area (Å²) >= 11 is 0. The van der Waals surface area contributed by atoms with E-state index in [0.717, 1.165) is 12.8 Å². The zero-order valence-electron chi connectivity index (χ0n) is 13.6. The molecule has 2 heteroatoms. The Morgan fingerprint density at radius 2 is 1.81 bits per heavy atom. The van der Waals surface area contributed by atoms with E-state index in [4.69, 9.17) is 0 Å². The van der Waals surface area contributed by atoms with Gasteiger partial charge in [-0.3, -0.25) is 0 Å². The average molecular weight is 282 g/mol.